The van der Waals surface area contributed by atoms with Crippen molar-refractivity contribution in [1.29, 1.82) is 0 Å². The third-order valence-corrected chi connectivity index (χ3v) is 4.22. The molecule has 0 aliphatic carbocycles. The van der Waals surface area contributed by atoms with Crippen LogP contribution in [0, 0.1) is 0 Å². The molecule has 2 heterocycles. The number of H-pyrrole nitrogens is 1. The third kappa shape index (κ3) is 3.15. The molecule has 0 amide bonds. The maximum absolute atomic E-state index is 4.35. The van der Waals surface area contributed by atoms with Gasteiger partial charge in [-0.3, -0.25) is 0 Å². The van der Waals surface area contributed by atoms with Crippen molar-refractivity contribution in [2.75, 3.05) is 5.32 Å². The summed E-state index contributed by atoms with van der Waals surface area (Å²) >= 11 is 0. The number of rotatable bonds is 5. The molecule has 0 saturated carbocycles. The molecule has 3 nitrogen and oxygen atoms in total. The van der Waals surface area contributed by atoms with Gasteiger partial charge in [0, 0.05) is 30.0 Å². The van der Waals surface area contributed by atoms with Gasteiger partial charge in [-0.2, -0.15) is 0 Å². The summed E-state index contributed by atoms with van der Waals surface area (Å²) < 4.78 is 0. The van der Waals surface area contributed by atoms with Gasteiger partial charge in [-0.25, -0.2) is 4.98 Å². The van der Waals surface area contributed by atoms with Crippen LogP contribution >= 0.6 is 0 Å². The number of hydrogen-bond donors (Lipinski definition) is 2. The lowest BCUT2D eigenvalue weighted by atomic mass is 10.0. The Morgan fingerprint density at radius 3 is 2.50 bits per heavy atom. The summed E-state index contributed by atoms with van der Waals surface area (Å²) in [5.74, 6) is 0. The molecule has 2 aromatic heterocycles. The van der Waals surface area contributed by atoms with Gasteiger partial charge in [0.1, 0.15) is 5.65 Å². The minimum atomic E-state index is 0.842. The minimum Gasteiger partial charge on any atom is -0.381 e. The molecule has 0 unspecified atom stereocenters. The first kappa shape index (κ1) is 14.5. The van der Waals surface area contributed by atoms with E-state index in [-0.39, 0.29) is 0 Å². The van der Waals surface area contributed by atoms with Crippen LogP contribution in [-0.4, -0.2) is 9.97 Å². The van der Waals surface area contributed by atoms with Gasteiger partial charge in [0.15, 0.2) is 0 Å². The molecule has 0 bridgehead atoms. The zero-order chi connectivity index (χ0) is 16.2. The number of aromatic amines is 1. The number of pyridine rings is 1. The number of aromatic nitrogens is 2. The second-order valence-corrected chi connectivity index (χ2v) is 5.93. The molecule has 0 aliphatic rings. The number of benzene rings is 2. The molecule has 0 atom stereocenters. The lowest BCUT2D eigenvalue weighted by Crippen LogP contribution is -1.99. The third-order valence-electron chi connectivity index (χ3n) is 4.22. The molecule has 0 radical (unpaired) electrons. The summed E-state index contributed by atoms with van der Waals surface area (Å²) in [7, 11) is 0. The van der Waals surface area contributed by atoms with Crippen molar-refractivity contribution >= 4 is 16.7 Å². The fraction of sp³-hybridized carbons (Fsp3) is 0.0952. The highest BCUT2D eigenvalue weighted by atomic mass is 14.9. The lowest BCUT2D eigenvalue weighted by Gasteiger charge is -2.08. The summed E-state index contributed by atoms with van der Waals surface area (Å²) in [4.78, 5) is 7.58. The topological polar surface area (TPSA) is 40.7 Å². The van der Waals surface area contributed by atoms with Crippen LogP contribution in [0.3, 0.4) is 0 Å². The Bertz CT molecular complexity index is 924. The average molecular weight is 313 g/mol. The standard InChI is InChI=1S/C21H19N3/c1-2-5-17(6-3-1)14-23-19-10-8-16(9-11-19)13-18-15-24-21-20(18)7-4-12-22-21/h1-12,15,23H,13-14H2,(H,22,24). The normalized spacial score (nSPS) is 10.8. The van der Waals surface area contributed by atoms with Crippen LogP contribution in [0.15, 0.2) is 79.1 Å². The SMILES string of the molecule is c1ccc(CNc2ccc(Cc3c[nH]c4ncccc34)cc2)cc1. The fourth-order valence-corrected chi connectivity index (χ4v) is 2.92. The number of fused-ring (bicyclic) bond motifs is 1. The van der Waals surface area contributed by atoms with E-state index in [0.717, 1.165) is 24.3 Å². The van der Waals surface area contributed by atoms with Crippen LogP contribution in [0.25, 0.3) is 11.0 Å². The number of anilines is 1. The Labute approximate surface area is 141 Å². The predicted molar refractivity (Wildman–Crippen MR) is 99.1 cm³/mol. The maximum atomic E-state index is 4.35. The summed E-state index contributed by atoms with van der Waals surface area (Å²) in [6.45, 7) is 0.842. The van der Waals surface area contributed by atoms with Gasteiger partial charge < -0.3 is 10.3 Å². The minimum absolute atomic E-state index is 0.842. The highest BCUT2D eigenvalue weighted by Crippen LogP contribution is 2.20. The van der Waals surface area contributed by atoms with E-state index in [9.17, 15) is 0 Å². The second-order valence-electron chi connectivity index (χ2n) is 5.93. The van der Waals surface area contributed by atoms with E-state index < -0.39 is 0 Å². The second kappa shape index (κ2) is 6.59. The van der Waals surface area contributed by atoms with E-state index in [1.54, 1.807) is 0 Å². The Morgan fingerprint density at radius 1 is 0.833 bits per heavy atom. The van der Waals surface area contributed by atoms with Crippen molar-refractivity contribution in [1.82, 2.24) is 9.97 Å². The van der Waals surface area contributed by atoms with Crippen molar-refractivity contribution in [3.63, 3.8) is 0 Å². The molecular weight excluding hydrogens is 294 g/mol. The van der Waals surface area contributed by atoms with Crippen LogP contribution in [-0.2, 0) is 13.0 Å². The van der Waals surface area contributed by atoms with Gasteiger partial charge in [-0.1, -0.05) is 42.5 Å². The van der Waals surface area contributed by atoms with Crippen molar-refractivity contribution in [2.45, 2.75) is 13.0 Å². The highest BCUT2D eigenvalue weighted by molar-refractivity contribution is 5.79. The quantitative estimate of drug-likeness (QED) is 0.557. The molecular formula is C21H19N3. The summed E-state index contributed by atoms with van der Waals surface area (Å²) in [5, 5.41) is 4.66. The van der Waals surface area contributed by atoms with Gasteiger partial charge in [-0.05, 0) is 47.4 Å². The maximum Gasteiger partial charge on any atom is 0.137 e. The van der Waals surface area contributed by atoms with E-state index >= 15 is 0 Å². The molecule has 3 heteroatoms. The molecule has 4 aromatic rings. The average Bonchev–Trinajstić information content (AvgIpc) is 3.05. The van der Waals surface area contributed by atoms with Crippen molar-refractivity contribution < 1.29 is 0 Å². The lowest BCUT2D eigenvalue weighted by molar-refractivity contribution is 1.14. The molecule has 24 heavy (non-hydrogen) atoms. The Morgan fingerprint density at radius 2 is 1.67 bits per heavy atom. The van der Waals surface area contributed by atoms with Crippen LogP contribution in [0.4, 0.5) is 5.69 Å². The summed E-state index contributed by atoms with van der Waals surface area (Å²) in [6, 6.07) is 23.2. The van der Waals surface area contributed by atoms with Crippen molar-refractivity contribution in [3.8, 4) is 0 Å². The molecule has 0 saturated heterocycles. The van der Waals surface area contributed by atoms with Gasteiger partial charge in [0.05, 0.1) is 0 Å². The monoisotopic (exact) mass is 313 g/mol. The molecule has 2 aromatic carbocycles. The van der Waals surface area contributed by atoms with E-state index in [2.05, 4.69) is 76.1 Å². The number of nitrogens with one attached hydrogen (secondary N) is 2. The molecule has 4 rings (SSSR count). The van der Waals surface area contributed by atoms with E-state index in [4.69, 9.17) is 0 Å². The first-order valence-electron chi connectivity index (χ1n) is 8.16. The number of hydrogen-bond acceptors (Lipinski definition) is 2. The van der Waals surface area contributed by atoms with Gasteiger partial charge in [0.2, 0.25) is 0 Å². The molecule has 0 spiro atoms. The predicted octanol–water partition coefficient (Wildman–Crippen LogP) is 4.77. The number of nitrogens with zero attached hydrogens (tertiary/aromatic N) is 1. The zero-order valence-corrected chi connectivity index (χ0v) is 13.4. The largest absolute Gasteiger partial charge is 0.381 e. The molecule has 118 valence electrons. The van der Waals surface area contributed by atoms with E-state index in [1.807, 2.05) is 18.3 Å². The Hall–Kier alpha value is -3.07. The summed E-state index contributed by atoms with van der Waals surface area (Å²) in [5.41, 5.74) is 5.96. The van der Waals surface area contributed by atoms with Crippen LogP contribution < -0.4 is 5.32 Å². The van der Waals surface area contributed by atoms with Gasteiger partial charge >= 0.3 is 0 Å². The first-order valence-corrected chi connectivity index (χ1v) is 8.16. The van der Waals surface area contributed by atoms with E-state index in [0.29, 0.717) is 0 Å². The van der Waals surface area contributed by atoms with Gasteiger partial charge in [0.25, 0.3) is 0 Å². The van der Waals surface area contributed by atoms with Crippen molar-refractivity contribution in [3.05, 3.63) is 95.8 Å². The molecule has 0 fully saturated rings. The molecule has 0 aliphatic heterocycles. The fourth-order valence-electron chi connectivity index (χ4n) is 2.92. The van der Waals surface area contributed by atoms with E-state index in [1.165, 1.54) is 22.1 Å². The van der Waals surface area contributed by atoms with Crippen LogP contribution in [0.1, 0.15) is 16.7 Å². The van der Waals surface area contributed by atoms with Crippen LogP contribution in [0.5, 0.6) is 0 Å². The summed E-state index contributed by atoms with van der Waals surface area (Å²) in [6.07, 6.45) is 4.78. The van der Waals surface area contributed by atoms with Crippen molar-refractivity contribution in [2.24, 2.45) is 0 Å². The smallest absolute Gasteiger partial charge is 0.137 e. The Kier molecular flexibility index (Phi) is 3.98. The highest BCUT2D eigenvalue weighted by Gasteiger charge is 2.05. The Balaban J connectivity index is 1.44. The molecule has 2 N–H and O–H groups in total. The van der Waals surface area contributed by atoms with Gasteiger partial charge in [-0.15, -0.1) is 0 Å². The zero-order valence-electron chi connectivity index (χ0n) is 13.4. The first-order chi connectivity index (χ1) is 11.9. The van der Waals surface area contributed by atoms with Crippen LogP contribution in [0.2, 0.25) is 0 Å².